The van der Waals surface area contributed by atoms with Gasteiger partial charge in [0.05, 0.1) is 35.6 Å². The van der Waals surface area contributed by atoms with Crippen molar-refractivity contribution in [3.8, 4) is 5.69 Å². The predicted molar refractivity (Wildman–Crippen MR) is 89.9 cm³/mol. The number of nitrogens with zero attached hydrogens (tertiary/aromatic N) is 2. The van der Waals surface area contributed by atoms with Gasteiger partial charge in [0.2, 0.25) is 0 Å². The van der Waals surface area contributed by atoms with E-state index in [4.69, 9.17) is 4.74 Å². The highest BCUT2D eigenvalue weighted by Gasteiger charge is 2.14. The van der Waals surface area contributed by atoms with Gasteiger partial charge in [-0.2, -0.15) is 0 Å². The summed E-state index contributed by atoms with van der Waals surface area (Å²) < 4.78 is 6.96. The normalized spacial score (nSPS) is 11.0. The van der Waals surface area contributed by atoms with E-state index < -0.39 is 0 Å². The molecule has 0 unspecified atom stereocenters. The minimum atomic E-state index is -0.338. The number of ether oxygens (including phenoxy) is 1. The molecule has 0 aliphatic rings. The Bertz CT molecular complexity index is 1020. The summed E-state index contributed by atoms with van der Waals surface area (Å²) >= 11 is 0. The maximum absolute atomic E-state index is 11.9. The minimum Gasteiger partial charge on any atom is -0.465 e. The van der Waals surface area contributed by atoms with Gasteiger partial charge in [-0.1, -0.05) is 24.3 Å². The van der Waals surface area contributed by atoms with Crippen molar-refractivity contribution < 1.29 is 9.53 Å². The second-order valence-electron chi connectivity index (χ2n) is 5.29. The maximum Gasteiger partial charge on any atom is 0.337 e. The fraction of sp³-hybridized carbons (Fsp3) is 0.0526. The molecule has 4 aromatic rings. The Hall–Kier alpha value is -3.14. The molecule has 4 heteroatoms. The molecule has 0 fully saturated rings. The fourth-order valence-electron chi connectivity index (χ4n) is 2.98. The average Bonchev–Trinajstić information content (AvgIpc) is 2.95. The van der Waals surface area contributed by atoms with Crippen LogP contribution in [-0.4, -0.2) is 22.6 Å². The van der Waals surface area contributed by atoms with E-state index in [1.807, 2.05) is 42.6 Å². The number of methoxy groups -OCH3 is 1. The van der Waals surface area contributed by atoms with Crippen molar-refractivity contribution in [2.75, 3.05) is 7.11 Å². The zero-order valence-electron chi connectivity index (χ0n) is 12.6. The molecule has 2 heterocycles. The molecule has 0 bridgehead atoms. The number of rotatable bonds is 2. The zero-order valence-corrected chi connectivity index (χ0v) is 12.6. The predicted octanol–water partition coefficient (Wildman–Crippen LogP) is 3.97. The summed E-state index contributed by atoms with van der Waals surface area (Å²) in [5, 5.41) is 2.24. The smallest absolute Gasteiger partial charge is 0.337 e. The van der Waals surface area contributed by atoms with Crippen LogP contribution in [0.25, 0.3) is 27.5 Å². The van der Waals surface area contributed by atoms with E-state index >= 15 is 0 Å². The van der Waals surface area contributed by atoms with Gasteiger partial charge < -0.3 is 9.30 Å². The lowest BCUT2D eigenvalue weighted by molar-refractivity contribution is 0.0601. The molecule has 0 aliphatic carbocycles. The van der Waals surface area contributed by atoms with E-state index in [9.17, 15) is 4.79 Å². The molecule has 112 valence electrons. The summed E-state index contributed by atoms with van der Waals surface area (Å²) in [6, 6.07) is 17.7. The van der Waals surface area contributed by atoms with E-state index in [0.717, 1.165) is 27.5 Å². The van der Waals surface area contributed by atoms with Gasteiger partial charge in [0.1, 0.15) is 0 Å². The Morgan fingerprint density at radius 1 is 1.00 bits per heavy atom. The highest BCUT2D eigenvalue weighted by Crippen LogP contribution is 2.32. The van der Waals surface area contributed by atoms with Crippen LogP contribution in [0.5, 0.6) is 0 Å². The van der Waals surface area contributed by atoms with E-state index in [0.29, 0.717) is 5.56 Å². The molecule has 2 aromatic carbocycles. The molecule has 0 saturated heterocycles. The first-order chi connectivity index (χ1) is 11.3. The lowest BCUT2D eigenvalue weighted by Crippen LogP contribution is -2.01. The quantitative estimate of drug-likeness (QED) is 0.526. The topological polar surface area (TPSA) is 44.1 Å². The van der Waals surface area contributed by atoms with Gasteiger partial charge in [-0.05, 0) is 30.3 Å². The van der Waals surface area contributed by atoms with Crippen molar-refractivity contribution in [3.05, 3.63) is 72.6 Å². The number of hydrogen-bond acceptors (Lipinski definition) is 3. The van der Waals surface area contributed by atoms with Crippen LogP contribution in [0.3, 0.4) is 0 Å². The summed E-state index contributed by atoms with van der Waals surface area (Å²) in [6.45, 7) is 0. The van der Waals surface area contributed by atoms with Gasteiger partial charge in [-0.3, -0.25) is 4.98 Å². The van der Waals surface area contributed by atoms with Crippen LogP contribution in [0.2, 0.25) is 0 Å². The molecule has 0 amide bonds. The largest absolute Gasteiger partial charge is 0.465 e. The molecule has 0 spiro atoms. The molecule has 4 rings (SSSR count). The SMILES string of the molecule is COC(=O)c1ccc2c3ccccc3n(-c3cccnc3)c2c1. The first-order valence-corrected chi connectivity index (χ1v) is 7.31. The summed E-state index contributed by atoms with van der Waals surface area (Å²) in [4.78, 5) is 16.1. The Morgan fingerprint density at radius 2 is 1.83 bits per heavy atom. The number of pyridine rings is 1. The van der Waals surface area contributed by atoms with Crippen LogP contribution in [0, 0.1) is 0 Å². The Balaban J connectivity index is 2.13. The first kappa shape index (κ1) is 13.5. The summed E-state index contributed by atoms with van der Waals surface area (Å²) in [5.74, 6) is -0.338. The van der Waals surface area contributed by atoms with Crippen molar-refractivity contribution in [2.24, 2.45) is 0 Å². The minimum absolute atomic E-state index is 0.338. The molecule has 2 aromatic heterocycles. The van der Waals surface area contributed by atoms with Crippen molar-refractivity contribution in [1.82, 2.24) is 9.55 Å². The van der Waals surface area contributed by atoms with Crippen LogP contribution in [0.15, 0.2) is 67.0 Å². The average molecular weight is 302 g/mol. The number of fused-ring (bicyclic) bond motifs is 3. The second-order valence-corrected chi connectivity index (χ2v) is 5.29. The zero-order chi connectivity index (χ0) is 15.8. The molecule has 0 radical (unpaired) electrons. The second kappa shape index (κ2) is 5.25. The van der Waals surface area contributed by atoms with Crippen LogP contribution < -0.4 is 0 Å². The Morgan fingerprint density at radius 3 is 2.61 bits per heavy atom. The lowest BCUT2D eigenvalue weighted by atomic mass is 10.1. The van der Waals surface area contributed by atoms with Crippen LogP contribution in [0.1, 0.15) is 10.4 Å². The third kappa shape index (κ3) is 2.07. The summed E-state index contributed by atoms with van der Waals surface area (Å²) in [7, 11) is 1.39. The summed E-state index contributed by atoms with van der Waals surface area (Å²) in [5.41, 5.74) is 3.54. The van der Waals surface area contributed by atoms with Crippen LogP contribution in [0.4, 0.5) is 0 Å². The van der Waals surface area contributed by atoms with Crippen molar-refractivity contribution in [3.63, 3.8) is 0 Å². The number of benzene rings is 2. The number of hydrogen-bond donors (Lipinski definition) is 0. The Kier molecular flexibility index (Phi) is 3.08. The third-order valence-corrected chi connectivity index (χ3v) is 4.00. The van der Waals surface area contributed by atoms with Crippen molar-refractivity contribution in [2.45, 2.75) is 0 Å². The standard InChI is InChI=1S/C19H14N2O2/c1-23-19(22)13-8-9-16-15-6-2-3-7-17(15)21(18(16)11-13)14-5-4-10-20-12-14/h2-12H,1H3. The van der Waals surface area contributed by atoms with Crippen LogP contribution >= 0.6 is 0 Å². The maximum atomic E-state index is 11.9. The molecule has 0 atom stereocenters. The molecular formula is C19H14N2O2. The van der Waals surface area contributed by atoms with Crippen molar-refractivity contribution in [1.29, 1.82) is 0 Å². The number of esters is 1. The first-order valence-electron chi connectivity index (χ1n) is 7.31. The van der Waals surface area contributed by atoms with Gasteiger partial charge in [0, 0.05) is 17.0 Å². The molecular weight excluding hydrogens is 288 g/mol. The summed E-state index contributed by atoms with van der Waals surface area (Å²) in [6.07, 6.45) is 3.56. The highest BCUT2D eigenvalue weighted by atomic mass is 16.5. The fourth-order valence-corrected chi connectivity index (χ4v) is 2.98. The lowest BCUT2D eigenvalue weighted by Gasteiger charge is -2.07. The number of carbonyl (C=O) groups excluding carboxylic acids is 1. The number of carbonyl (C=O) groups is 1. The molecule has 0 aliphatic heterocycles. The van der Waals surface area contributed by atoms with E-state index in [-0.39, 0.29) is 5.97 Å². The molecule has 0 saturated carbocycles. The molecule has 0 N–H and O–H groups in total. The van der Waals surface area contributed by atoms with E-state index in [1.165, 1.54) is 7.11 Å². The van der Waals surface area contributed by atoms with Crippen molar-refractivity contribution >= 4 is 27.8 Å². The number of aromatic nitrogens is 2. The van der Waals surface area contributed by atoms with E-state index in [1.54, 1.807) is 12.3 Å². The van der Waals surface area contributed by atoms with Gasteiger partial charge in [0.15, 0.2) is 0 Å². The van der Waals surface area contributed by atoms with E-state index in [2.05, 4.69) is 21.7 Å². The number of para-hydroxylation sites is 1. The van der Waals surface area contributed by atoms with Gasteiger partial charge >= 0.3 is 5.97 Å². The third-order valence-electron chi connectivity index (χ3n) is 4.00. The molecule has 23 heavy (non-hydrogen) atoms. The van der Waals surface area contributed by atoms with Gasteiger partial charge in [0.25, 0.3) is 0 Å². The van der Waals surface area contributed by atoms with Crippen LogP contribution in [-0.2, 0) is 4.74 Å². The highest BCUT2D eigenvalue weighted by molar-refractivity contribution is 6.10. The monoisotopic (exact) mass is 302 g/mol. The molecule has 4 nitrogen and oxygen atoms in total. The van der Waals surface area contributed by atoms with Gasteiger partial charge in [-0.15, -0.1) is 0 Å². The van der Waals surface area contributed by atoms with Gasteiger partial charge in [-0.25, -0.2) is 4.79 Å². The Labute approximate surface area is 132 Å².